The Morgan fingerprint density at radius 1 is 0.967 bits per heavy atom. The highest BCUT2D eigenvalue weighted by Gasteiger charge is 2.14. The molecule has 0 aliphatic rings. The molecular weight excluding hydrogens is 392 g/mol. The number of para-hydroxylation sites is 2. The quantitative estimate of drug-likeness (QED) is 0.284. The third kappa shape index (κ3) is 4.36. The second kappa shape index (κ2) is 9.55. The molecule has 2 N–H and O–H groups in total. The molecule has 0 bridgehead atoms. The summed E-state index contributed by atoms with van der Waals surface area (Å²) in [5, 5.41) is 4.22. The van der Waals surface area contributed by atoms with Crippen molar-refractivity contribution in [3.63, 3.8) is 0 Å². The van der Waals surface area contributed by atoms with E-state index in [1.165, 1.54) is 10.3 Å². The standard InChI is InChI=1S/C25H24N2O2S/c1-2-29-22-15-9-7-13-20(22)25(28)26-16-17-30-24-19-12-6-8-14-21(19)27-23(24)18-10-4-3-5-11-18/h3-15,27H,2,16-17H2,1H3,(H,26,28). The van der Waals surface area contributed by atoms with Crippen LogP contribution >= 0.6 is 11.8 Å². The number of rotatable bonds is 8. The highest BCUT2D eigenvalue weighted by Crippen LogP contribution is 2.37. The van der Waals surface area contributed by atoms with Crippen LogP contribution in [-0.2, 0) is 0 Å². The van der Waals surface area contributed by atoms with E-state index < -0.39 is 0 Å². The Hall–Kier alpha value is -3.18. The van der Waals surface area contributed by atoms with Crippen LogP contribution in [0.3, 0.4) is 0 Å². The van der Waals surface area contributed by atoms with E-state index in [0.717, 1.165) is 22.5 Å². The van der Waals surface area contributed by atoms with E-state index >= 15 is 0 Å². The third-order valence-electron chi connectivity index (χ3n) is 4.79. The van der Waals surface area contributed by atoms with Gasteiger partial charge >= 0.3 is 0 Å². The Balaban J connectivity index is 1.46. The maximum atomic E-state index is 12.6. The van der Waals surface area contributed by atoms with Gasteiger partial charge in [0.05, 0.1) is 17.9 Å². The van der Waals surface area contributed by atoms with Crippen LogP contribution in [0.25, 0.3) is 22.2 Å². The second-order valence-corrected chi connectivity index (χ2v) is 7.88. The first kappa shape index (κ1) is 20.1. The van der Waals surface area contributed by atoms with E-state index in [1.54, 1.807) is 17.8 Å². The SMILES string of the molecule is CCOc1ccccc1C(=O)NCCSc1c(-c2ccccc2)[nH]c2ccccc12. The van der Waals surface area contributed by atoms with Crippen molar-refractivity contribution >= 4 is 28.6 Å². The van der Waals surface area contributed by atoms with Crippen molar-refractivity contribution in [2.75, 3.05) is 18.9 Å². The molecule has 0 saturated carbocycles. The predicted octanol–water partition coefficient (Wildman–Crippen LogP) is 5.76. The van der Waals surface area contributed by atoms with Gasteiger partial charge in [-0.1, -0.05) is 60.7 Å². The van der Waals surface area contributed by atoms with Gasteiger partial charge in [0.25, 0.3) is 5.91 Å². The number of nitrogens with one attached hydrogen (secondary N) is 2. The molecule has 4 nitrogen and oxygen atoms in total. The molecular formula is C25H24N2O2S. The molecule has 0 aliphatic carbocycles. The van der Waals surface area contributed by atoms with Gasteiger partial charge in [0.15, 0.2) is 0 Å². The Morgan fingerprint density at radius 3 is 2.53 bits per heavy atom. The number of fused-ring (bicyclic) bond motifs is 1. The van der Waals surface area contributed by atoms with Crippen molar-refractivity contribution < 1.29 is 9.53 Å². The van der Waals surface area contributed by atoms with Crippen LogP contribution < -0.4 is 10.1 Å². The van der Waals surface area contributed by atoms with E-state index in [0.29, 0.717) is 24.5 Å². The monoisotopic (exact) mass is 416 g/mol. The zero-order valence-corrected chi connectivity index (χ0v) is 17.7. The van der Waals surface area contributed by atoms with Crippen molar-refractivity contribution in [1.82, 2.24) is 10.3 Å². The van der Waals surface area contributed by atoms with Gasteiger partial charge in [-0.05, 0) is 30.7 Å². The zero-order valence-electron chi connectivity index (χ0n) is 16.9. The molecule has 3 aromatic carbocycles. The van der Waals surface area contributed by atoms with Crippen LogP contribution in [0.2, 0.25) is 0 Å². The molecule has 0 atom stereocenters. The summed E-state index contributed by atoms with van der Waals surface area (Å²) in [6.45, 7) is 3.01. The van der Waals surface area contributed by atoms with Crippen LogP contribution in [0.15, 0.2) is 83.8 Å². The topological polar surface area (TPSA) is 54.1 Å². The van der Waals surface area contributed by atoms with Gasteiger partial charge in [-0.25, -0.2) is 0 Å². The number of amides is 1. The normalized spacial score (nSPS) is 10.8. The molecule has 0 saturated heterocycles. The average Bonchev–Trinajstić information content (AvgIpc) is 3.16. The lowest BCUT2D eigenvalue weighted by Gasteiger charge is -2.10. The first-order valence-electron chi connectivity index (χ1n) is 10.1. The van der Waals surface area contributed by atoms with Crippen molar-refractivity contribution in [2.24, 2.45) is 0 Å². The number of H-pyrrole nitrogens is 1. The Kier molecular flexibility index (Phi) is 6.40. The van der Waals surface area contributed by atoms with Crippen LogP contribution in [0.5, 0.6) is 5.75 Å². The minimum atomic E-state index is -0.109. The van der Waals surface area contributed by atoms with E-state index in [1.807, 2.05) is 49.4 Å². The Bertz CT molecular complexity index is 1140. The fraction of sp³-hybridized carbons (Fsp3) is 0.160. The summed E-state index contributed by atoms with van der Waals surface area (Å²) in [4.78, 5) is 17.4. The van der Waals surface area contributed by atoms with Gasteiger partial charge in [0, 0.05) is 28.1 Å². The predicted molar refractivity (Wildman–Crippen MR) is 124 cm³/mol. The summed E-state index contributed by atoms with van der Waals surface area (Å²) in [6.07, 6.45) is 0. The largest absolute Gasteiger partial charge is 0.493 e. The highest BCUT2D eigenvalue weighted by molar-refractivity contribution is 7.99. The number of carbonyl (C=O) groups is 1. The fourth-order valence-corrected chi connectivity index (χ4v) is 4.48. The van der Waals surface area contributed by atoms with Gasteiger partial charge < -0.3 is 15.0 Å². The van der Waals surface area contributed by atoms with Crippen LogP contribution in [0.4, 0.5) is 0 Å². The lowest BCUT2D eigenvalue weighted by molar-refractivity contribution is 0.0952. The lowest BCUT2D eigenvalue weighted by atomic mass is 10.1. The minimum Gasteiger partial charge on any atom is -0.493 e. The fourth-order valence-electron chi connectivity index (χ4n) is 3.42. The van der Waals surface area contributed by atoms with Crippen molar-refractivity contribution in [3.05, 3.63) is 84.4 Å². The molecule has 1 heterocycles. The number of hydrogen-bond donors (Lipinski definition) is 2. The van der Waals surface area contributed by atoms with E-state index in [2.05, 4.69) is 40.6 Å². The highest BCUT2D eigenvalue weighted by atomic mass is 32.2. The third-order valence-corrected chi connectivity index (χ3v) is 5.91. The maximum Gasteiger partial charge on any atom is 0.255 e. The molecule has 0 radical (unpaired) electrons. The van der Waals surface area contributed by atoms with Gasteiger partial charge in [0.1, 0.15) is 5.75 Å². The number of aromatic amines is 1. The molecule has 4 aromatic rings. The van der Waals surface area contributed by atoms with Gasteiger partial charge in [-0.15, -0.1) is 11.8 Å². The minimum absolute atomic E-state index is 0.109. The first-order chi connectivity index (χ1) is 14.8. The number of benzene rings is 3. The number of aromatic nitrogens is 1. The molecule has 5 heteroatoms. The smallest absolute Gasteiger partial charge is 0.255 e. The van der Waals surface area contributed by atoms with Crippen LogP contribution in [0.1, 0.15) is 17.3 Å². The lowest BCUT2D eigenvalue weighted by Crippen LogP contribution is -2.26. The summed E-state index contributed by atoms with van der Waals surface area (Å²) < 4.78 is 5.57. The Morgan fingerprint density at radius 2 is 1.70 bits per heavy atom. The first-order valence-corrected chi connectivity index (χ1v) is 11.1. The second-order valence-electron chi connectivity index (χ2n) is 6.77. The van der Waals surface area contributed by atoms with Gasteiger partial charge in [-0.3, -0.25) is 4.79 Å². The number of ether oxygens (including phenoxy) is 1. The molecule has 1 amide bonds. The van der Waals surface area contributed by atoms with Crippen molar-refractivity contribution in [3.8, 4) is 17.0 Å². The summed E-state index contributed by atoms with van der Waals surface area (Å²) in [6, 6.07) is 26.0. The number of thioether (sulfide) groups is 1. The summed E-state index contributed by atoms with van der Waals surface area (Å²) in [7, 11) is 0. The van der Waals surface area contributed by atoms with E-state index in [-0.39, 0.29) is 5.91 Å². The zero-order chi connectivity index (χ0) is 20.8. The molecule has 152 valence electrons. The van der Waals surface area contributed by atoms with Crippen molar-refractivity contribution in [2.45, 2.75) is 11.8 Å². The number of hydrogen-bond acceptors (Lipinski definition) is 3. The molecule has 0 spiro atoms. The summed E-state index contributed by atoms with van der Waals surface area (Å²) >= 11 is 1.75. The maximum absolute atomic E-state index is 12.6. The molecule has 0 fully saturated rings. The number of carbonyl (C=O) groups excluding carboxylic acids is 1. The molecule has 0 aliphatic heterocycles. The van der Waals surface area contributed by atoms with E-state index in [4.69, 9.17) is 4.74 Å². The average molecular weight is 417 g/mol. The summed E-state index contributed by atoms with van der Waals surface area (Å²) in [5.74, 6) is 1.28. The van der Waals surface area contributed by atoms with Crippen molar-refractivity contribution in [1.29, 1.82) is 0 Å². The van der Waals surface area contributed by atoms with Crippen LogP contribution in [-0.4, -0.2) is 29.8 Å². The molecule has 0 unspecified atom stereocenters. The van der Waals surface area contributed by atoms with Crippen LogP contribution in [0, 0.1) is 0 Å². The Labute approximate surface area is 180 Å². The van der Waals surface area contributed by atoms with Gasteiger partial charge in [0.2, 0.25) is 0 Å². The molecule has 30 heavy (non-hydrogen) atoms. The molecule has 4 rings (SSSR count). The van der Waals surface area contributed by atoms with Gasteiger partial charge in [-0.2, -0.15) is 0 Å². The van der Waals surface area contributed by atoms with E-state index in [9.17, 15) is 4.79 Å². The molecule has 1 aromatic heterocycles. The summed E-state index contributed by atoms with van der Waals surface area (Å²) in [5.41, 5.74) is 3.97.